The maximum atomic E-state index is 12.7. The van der Waals surface area contributed by atoms with E-state index in [1.807, 2.05) is 6.92 Å². The molecule has 20 heavy (non-hydrogen) atoms. The topological polar surface area (TPSA) is 75.7 Å². The number of carbonyl (C=O) groups excluding carboxylic acids is 1. The largest absolute Gasteiger partial charge is 0.465 e. The fraction of sp³-hybridized carbons (Fsp3) is 0.545. The van der Waals surface area contributed by atoms with Crippen LogP contribution in [0.15, 0.2) is 14.7 Å². The Balaban J connectivity index is 2.39. The van der Waals surface area contributed by atoms with E-state index in [4.69, 9.17) is 0 Å². The van der Waals surface area contributed by atoms with Crippen LogP contribution in [-0.4, -0.2) is 51.5 Å². The number of rotatable bonds is 3. The zero-order valence-electron chi connectivity index (χ0n) is 11.1. The maximum Gasteiger partial charge on any atom is 0.348 e. The van der Waals surface area contributed by atoms with Crippen LogP contribution in [0.3, 0.4) is 0 Å². The Morgan fingerprint density at radius 2 is 2.30 bits per heavy atom. The summed E-state index contributed by atoms with van der Waals surface area (Å²) in [6.07, 6.45) is 0. The Morgan fingerprint density at radius 3 is 2.90 bits per heavy atom. The lowest BCUT2D eigenvalue weighted by Crippen LogP contribution is -2.52. The van der Waals surface area contributed by atoms with Gasteiger partial charge in [0.1, 0.15) is 9.77 Å². The number of hydrogen-bond acceptors (Lipinski definition) is 6. The van der Waals surface area contributed by atoms with Crippen molar-refractivity contribution in [3.05, 3.63) is 14.7 Å². The minimum absolute atomic E-state index is 0.122. The first-order chi connectivity index (χ1) is 9.37. The summed E-state index contributed by atoms with van der Waals surface area (Å²) < 4.78 is 31.8. The number of carbonyl (C=O) groups is 1. The number of halogens is 1. The van der Waals surface area contributed by atoms with E-state index in [0.29, 0.717) is 23.4 Å². The zero-order chi connectivity index (χ0) is 14.9. The summed E-state index contributed by atoms with van der Waals surface area (Å²) >= 11 is 4.29. The number of thiophene rings is 1. The van der Waals surface area contributed by atoms with E-state index in [9.17, 15) is 13.2 Å². The lowest BCUT2D eigenvalue weighted by molar-refractivity contribution is 0.0606. The highest BCUT2D eigenvalue weighted by molar-refractivity contribution is 9.11. The van der Waals surface area contributed by atoms with Gasteiger partial charge in [0.15, 0.2) is 0 Å². The molecule has 1 atom stereocenters. The number of ether oxygens (including phenoxy) is 1. The molecule has 2 rings (SSSR count). The minimum Gasteiger partial charge on any atom is -0.465 e. The maximum absolute atomic E-state index is 12.7. The van der Waals surface area contributed by atoms with Crippen molar-refractivity contribution in [1.29, 1.82) is 0 Å². The second-order valence-electron chi connectivity index (χ2n) is 4.41. The molecule has 0 spiro atoms. The monoisotopic (exact) mass is 382 g/mol. The lowest BCUT2D eigenvalue weighted by Gasteiger charge is -2.32. The first kappa shape index (κ1) is 15.9. The van der Waals surface area contributed by atoms with Gasteiger partial charge in [0, 0.05) is 25.7 Å². The van der Waals surface area contributed by atoms with Crippen LogP contribution in [0.4, 0.5) is 0 Å². The quantitative estimate of drug-likeness (QED) is 0.796. The molecule has 0 aliphatic carbocycles. The molecule has 9 heteroatoms. The molecule has 0 radical (unpaired) electrons. The summed E-state index contributed by atoms with van der Waals surface area (Å²) in [7, 11) is -2.35. The third kappa shape index (κ3) is 2.91. The van der Waals surface area contributed by atoms with Crippen molar-refractivity contribution in [3.8, 4) is 0 Å². The van der Waals surface area contributed by atoms with E-state index >= 15 is 0 Å². The standard InChI is InChI=1S/C11H15BrN2O4S2/c1-7-6-13-3-4-14(7)20(16,17)9-5-8(11(15)18-2)19-10(9)12/h5,7,13H,3-4,6H2,1-2H3. The van der Waals surface area contributed by atoms with Crippen LogP contribution < -0.4 is 5.32 Å². The first-order valence-electron chi connectivity index (χ1n) is 5.98. The van der Waals surface area contributed by atoms with Gasteiger partial charge >= 0.3 is 5.97 Å². The first-order valence-corrected chi connectivity index (χ1v) is 9.03. The van der Waals surface area contributed by atoms with Gasteiger partial charge in [-0.05, 0) is 28.9 Å². The second-order valence-corrected chi connectivity index (χ2v) is 8.64. The predicted molar refractivity (Wildman–Crippen MR) is 79.6 cm³/mol. The summed E-state index contributed by atoms with van der Waals surface area (Å²) in [4.78, 5) is 11.9. The van der Waals surface area contributed by atoms with E-state index in [1.165, 1.54) is 17.5 Å². The molecule has 0 aromatic carbocycles. The molecule has 2 heterocycles. The van der Waals surface area contributed by atoms with Gasteiger partial charge in [-0.15, -0.1) is 11.3 Å². The summed E-state index contributed by atoms with van der Waals surface area (Å²) in [5.41, 5.74) is 0. The number of hydrogen-bond donors (Lipinski definition) is 1. The summed E-state index contributed by atoms with van der Waals surface area (Å²) in [6.45, 7) is 3.50. The second kappa shape index (κ2) is 6.10. The molecule has 1 N–H and O–H groups in total. The van der Waals surface area contributed by atoms with Crippen LogP contribution >= 0.6 is 27.3 Å². The summed E-state index contributed by atoms with van der Waals surface area (Å²) in [5, 5.41) is 3.15. The molecule has 1 aromatic heterocycles. The van der Waals surface area contributed by atoms with E-state index in [2.05, 4.69) is 26.0 Å². The van der Waals surface area contributed by atoms with Crippen LogP contribution in [-0.2, 0) is 14.8 Å². The van der Waals surface area contributed by atoms with Gasteiger partial charge in [-0.3, -0.25) is 0 Å². The Hall–Kier alpha value is -0.480. The van der Waals surface area contributed by atoms with E-state index in [-0.39, 0.29) is 15.8 Å². The van der Waals surface area contributed by atoms with E-state index in [1.54, 1.807) is 0 Å². The van der Waals surface area contributed by atoms with Crippen molar-refractivity contribution in [2.75, 3.05) is 26.7 Å². The van der Waals surface area contributed by atoms with Gasteiger partial charge in [-0.25, -0.2) is 13.2 Å². The Bertz CT molecular complexity index is 614. The Kier molecular flexibility index (Phi) is 4.85. The van der Waals surface area contributed by atoms with Crippen LogP contribution in [0, 0.1) is 0 Å². The van der Waals surface area contributed by atoms with Crippen molar-refractivity contribution >= 4 is 43.3 Å². The molecule has 1 aromatic rings. The van der Waals surface area contributed by atoms with Gasteiger partial charge < -0.3 is 10.1 Å². The highest BCUT2D eigenvalue weighted by atomic mass is 79.9. The number of methoxy groups -OCH3 is 1. The predicted octanol–water partition coefficient (Wildman–Crippen LogP) is 1.28. The molecule has 1 aliphatic rings. The minimum atomic E-state index is -3.61. The number of sulfonamides is 1. The molecule has 1 saturated heterocycles. The molecule has 1 fully saturated rings. The Morgan fingerprint density at radius 1 is 1.60 bits per heavy atom. The van der Waals surface area contributed by atoms with Crippen molar-refractivity contribution in [2.24, 2.45) is 0 Å². The van der Waals surface area contributed by atoms with Crippen molar-refractivity contribution in [1.82, 2.24) is 9.62 Å². The van der Waals surface area contributed by atoms with Crippen molar-refractivity contribution in [3.63, 3.8) is 0 Å². The summed E-state index contributed by atoms with van der Waals surface area (Å²) in [6, 6.07) is 1.24. The normalized spacial score (nSPS) is 20.9. The Labute approximate surface area is 130 Å². The molecule has 0 amide bonds. The average Bonchev–Trinajstić information content (AvgIpc) is 2.81. The molecular weight excluding hydrogens is 368 g/mol. The van der Waals surface area contributed by atoms with Gasteiger partial charge in [-0.2, -0.15) is 4.31 Å². The molecular formula is C11H15BrN2O4S2. The number of esters is 1. The fourth-order valence-electron chi connectivity index (χ4n) is 2.03. The number of nitrogens with zero attached hydrogens (tertiary/aromatic N) is 1. The van der Waals surface area contributed by atoms with Gasteiger partial charge in [0.25, 0.3) is 0 Å². The molecule has 1 unspecified atom stereocenters. The molecule has 1 aliphatic heterocycles. The highest BCUT2D eigenvalue weighted by Gasteiger charge is 2.34. The van der Waals surface area contributed by atoms with E-state index in [0.717, 1.165) is 11.3 Å². The lowest BCUT2D eigenvalue weighted by atomic mass is 10.3. The molecule has 0 saturated carbocycles. The number of nitrogens with one attached hydrogen (secondary N) is 1. The third-order valence-electron chi connectivity index (χ3n) is 3.07. The fourth-order valence-corrected chi connectivity index (χ4v) is 6.10. The highest BCUT2D eigenvalue weighted by Crippen LogP contribution is 2.34. The molecule has 0 bridgehead atoms. The van der Waals surface area contributed by atoms with E-state index < -0.39 is 16.0 Å². The van der Waals surface area contributed by atoms with Crippen LogP contribution in [0.25, 0.3) is 0 Å². The van der Waals surface area contributed by atoms with Crippen molar-refractivity contribution in [2.45, 2.75) is 17.9 Å². The van der Waals surface area contributed by atoms with Gasteiger partial charge in [0.2, 0.25) is 10.0 Å². The van der Waals surface area contributed by atoms with Gasteiger partial charge in [-0.1, -0.05) is 0 Å². The van der Waals surface area contributed by atoms with Gasteiger partial charge in [0.05, 0.1) is 10.9 Å². The van der Waals surface area contributed by atoms with Crippen LogP contribution in [0.2, 0.25) is 0 Å². The SMILES string of the molecule is COC(=O)c1cc(S(=O)(=O)N2CCNCC2C)c(Br)s1. The molecule has 112 valence electrons. The van der Waals surface area contributed by atoms with Crippen molar-refractivity contribution < 1.29 is 17.9 Å². The smallest absolute Gasteiger partial charge is 0.348 e. The average molecular weight is 383 g/mol. The van der Waals surface area contributed by atoms with Crippen LogP contribution in [0.1, 0.15) is 16.6 Å². The number of piperazine rings is 1. The summed E-state index contributed by atoms with van der Waals surface area (Å²) in [5.74, 6) is -0.537. The zero-order valence-corrected chi connectivity index (χ0v) is 14.3. The third-order valence-corrected chi connectivity index (χ3v) is 7.31. The van der Waals surface area contributed by atoms with Crippen LogP contribution in [0.5, 0.6) is 0 Å². The molecule has 6 nitrogen and oxygen atoms in total.